The van der Waals surface area contributed by atoms with Crippen molar-refractivity contribution in [1.82, 2.24) is 5.06 Å². The highest BCUT2D eigenvalue weighted by molar-refractivity contribution is 4.73. The van der Waals surface area contributed by atoms with Crippen LogP contribution < -0.4 is 0 Å². The molecule has 1 heterocycles. The Kier molecular flexibility index (Phi) is 2.65. The summed E-state index contributed by atoms with van der Waals surface area (Å²) in [5, 5.41) is 10.1. The molecule has 0 radical (unpaired) electrons. The van der Waals surface area contributed by atoms with Gasteiger partial charge in [0.15, 0.2) is 0 Å². The summed E-state index contributed by atoms with van der Waals surface area (Å²) in [5.74, 6) is 0.509. The van der Waals surface area contributed by atoms with Crippen molar-refractivity contribution >= 4 is 0 Å². The van der Waals surface area contributed by atoms with E-state index in [2.05, 4.69) is 6.92 Å². The maximum Gasteiger partial charge on any atom is 0.0589 e. The average molecular weight is 145 g/mol. The lowest BCUT2D eigenvalue weighted by molar-refractivity contribution is -0.0812. The van der Waals surface area contributed by atoms with Gasteiger partial charge in [0.2, 0.25) is 0 Å². The van der Waals surface area contributed by atoms with Crippen LogP contribution in [-0.2, 0) is 4.74 Å². The first-order valence-electron chi connectivity index (χ1n) is 3.71. The van der Waals surface area contributed by atoms with Crippen molar-refractivity contribution in [3.8, 4) is 0 Å². The van der Waals surface area contributed by atoms with E-state index in [-0.39, 0.29) is 0 Å². The molecule has 1 aliphatic rings. The normalized spacial score (nSPS) is 33.6. The van der Waals surface area contributed by atoms with Crippen LogP contribution in [0, 0.1) is 5.92 Å². The molecule has 3 nitrogen and oxygen atoms in total. The molecule has 1 aliphatic heterocycles. The predicted octanol–water partition coefficient (Wildman–Crippen LogP) is 0.732. The summed E-state index contributed by atoms with van der Waals surface area (Å²) in [6.07, 6.45) is 1.39. The van der Waals surface area contributed by atoms with E-state index in [1.807, 2.05) is 0 Å². The number of ether oxygens (including phenoxy) is 1. The fraction of sp³-hybridized carbons (Fsp3) is 1.00. The van der Waals surface area contributed by atoms with Crippen molar-refractivity contribution < 1.29 is 9.94 Å². The topological polar surface area (TPSA) is 32.7 Å². The molecular formula is C7H15NO2. The van der Waals surface area contributed by atoms with E-state index in [1.165, 1.54) is 5.06 Å². The predicted molar refractivity (Wildman–Crippen MR) is 37.9 cm³/mol. The maximum atomic E-state index is 8.91. The van der Waals surface area contributed by atoms with Gasteiger partial charge in [-0.2, -0.15) is 5.06 Å². The molecule has 0 aromatic carbocycles. The molecule has 60 valence electrons. The second kappa shape index (κ2) is 3.32. The van der Waals surface area contributed by atoms with Crippen LogP contribution in [0.2, 0.25) is 0 Å². The van der Waals surface area contributed by atoms with Crippen molar-refractivity contribution in [2.45, 2.75) is 19.4 Å². The highest BCUT2D eigenvalue weighted by atomic mass is 16.5. The lowest BCUT2D eigenvalue weighted by atomic mass is 10.0. The molecule has 2 atom stereocenters. The molecule has 0 aliphatic carbocycles. The standard InChI is InChI=1S/C7H15NO2/c1-6-7(3-4-10-6)5-8(2)9/h6-7,9H,3-5H2,1-2H3. The van der Waals surface area contributed by atoms with Crippen molar-refractivity contribution in [1.29, 1.82) is 0 Å². The molecule has 1 rings (SSSR count). The van der Waals surface area contributed by atoms with E-state index in [1.54, 1.807) is 7.05 Å². The summed E-state index contributed by atoms with van der Waals surface area (Å²) in [4.78, 5) is 0. The number of nitrogens with zero attached hydrogens (tertiary/aromatic N) is 1. The molecular weight excluding hydrogens is 130 g/mol. The molecule has 1 saturated heterocycles. The molecule has 0 aromatic rings. The van der Waals surface area contributed by atoms with Crippen molar-refractivity contribution in [3.63, 3.8) is 0 Å². The molecule has 1 fully saturated rings. The maximum absolute atomic E-state index is 8.91. The Bertz CT molecular complexity index is 106. The first-order valence-corrected chi connectivity index (χ1v) is 3.71. The Morgan fingerprint density at radius 3 is 2.80 bits per heavy atom. The fourth-order valence-electron chi connectivity index (χ4n) is 1.36. The van der Waals surface area contributed by atoms with Gasteiger partial charge in [-0.05, 0) is 13.3 Å². The van der Waals surface area contributed by atoms with Gasteiger partial charge in [-0.1, -0.05) is 0 Å². The zero-order valence-corrected chi connectivity index (χ0v) is 6.58. The molecule has 0 spiro atoms. The van der Waals surface area contributed by atoms with Gasteiger partial charge in [-0.3, -0.25) is 0 Å². The Balaban J connectivity index is 2.26. The van der Waals surface area contributed by atoms with Crippen LogP contribution in [-0.4, -0.2) is 36.6 Å². The summed E-state index contributed by atoms with van der Waals surface area (Å²) in [6.45, 7) is 3.63. The minimum Gasteiger partial charge on any atom is -0.378 e. The summed E-state index contributed by atoms with van der Waals surface area (Å²) in [5.41, 5.74) is 0. The molecule has 3 heteroatoms. The van der Waals surface area contributed by atoms with Gasteiger partial charge in [0, 0.05) is 26.1 Å². The average Bonchev–Trinajstić information content (AvgIpc) is 2.15. The molecule has 0 bridgehead atoms. The van der Waals surface area contributed by atoms with E-state index < -0.39 is 0 Å². The monoisotopic (exact) mass is 145 g/mol. The van der Waals surface area contributed by atoms with Gasteiger partial charge in [0.05, 0.1) is 6.10 Å². The van der Waals surface area contributed by atoms with Gasteiger partial charge in [0.1, 0.15) is 0 Å². The highest BCUT2D eigenvalue weighted by Crippen LogP contribution is 2.20. The van der Waals surface area contributed by atoms with E-state index >= 15 is 0 Å². The van der Waals surface area contributed by atoms with Crippen molar-refractivity contribution in [3.05, 3.63) is 0 Å². The Labute approximate surface area is 61.5 Å². The zero-order valence-electron chi connectivity index (χ0n) is 6.58. The van der Waals surface area contributed by atoms with Gasteiger partial charge >= 0.3 is 0 Å². The van der Waals surface area contributed by atoms with Crippen LogP contribution in [0.3, 0.4) is 0 Å². The largest absolute Gasteiger partial charge is 0.378 e. The number of rotatable bonds is 2. The summed E-state index contributed by atoms with van der Waals surface area (Å²) in [7, 11) is 1.67. The van der Waals surface area contributed by atoms with E-state index in [0.29, 0.717) is 12.0 Å². The van der Waals surface area contributed by atoms with Crippen LogP contribution in [0.15, 0.2) is 0 Å². The molecule has 1 N–H and O–H groups in total. The third kappa shape index (κ3) is 1.94. The van der Waals surface area contributed by atoms with Crippen molar-refractivity contribution in [2.24, 2.45) is 5.92 Å². The van der Waals surface area contributed by atoms with Crippen LogP contribution >= 0.6 is 0 Å². The molecule has 0 saturated carbocycles. The van der Waals surface area contributed by atoms with Gasteiger partial charge < -0.3 is 9.94 Å². The Morgan fingerprint density at radius 1 is 1.70 bits per heavy atom. The molecule has 2 unspecified atom stereocenters. The minimum atomic E-state index is 0.314. The SMILES string of the molecule is CC1OCCC1CN(C)O. The first-order chi connectivity index (χ1) is 4.70. The van der Waals surface area contributed by atoms with Crippen LogP contribution in [0.4, 0.5) is 0 Å². The van der Waals surface area contributed by atoms with Crippen LogP contribution in [0.1, 0.15) is 13.3 Å². The minimum absolute atomic E-state index is 0.314. The lowest BCUT2D eigenvalue weighted by Gasteiger charge is -2.16. The number of hydrogen-bond donors (Lipinski definition) is 1. The molecule has 10 heavy (non-hydrogen) atoms. The van der Waals surface area contributed by atoms with E-state index in [0.717, 1.165) is 19.6 Å². The van der Waals surface area contributed by atoms with Crippen LogP contribution in [0.5, 0.6) is 0 Å². The second-order valence-electron chi connectivity index (χ2n) is 2.96. The van der Waals surface area contributed by atoms with E-state index in [4.69, 9.17) is 9.94 Å². The lowest BCUT2D eigenvalue weighted by Crippen LogP contribution is -2.26. The summed E-state index contributed by atoms with van der Waals surface area (Å²) >= 11 is 0. The third-order valence-corrected chi connectivity index (χ3v) is 2.03. The third-order valence-electron chi connectivity index (χ3n) is 2.03. The Hall–Kier alpha value is -0.120. The zero-order chi connectivity index (χ0) is 7.56. The van der Waals surface area contributed by atoms with Gasteiger partial charge in [-0.15, -0.1) is 0 Å². The Morgan fingerprint density at radius 2 is 2.40 bits per heavy atom. The van der Waals surface area contributed by atoms with Gasteiger partial charge in [0.25, 0.3) is 0 Å². The fourth-order valence-corrected chi connectivity index (χ4v) is 1.36. The quantitative estimate of drug-likeness (QED) is 0.581. The first kappa shape index (κ1) is 7.98. The van der Waals surface area contributed by atoms with Gasteiger partial charge in [-0.25, -0.2) is 0 Å². The summed E-state index contributed by atoms with van der Waals surface area (Å²) < 4.78 is 5.33. The van der Waals surface area contributed by atoms with E-state index in [9.17, 15) is 0 Å². The van der Waals surface area contributed by atoms with Crippen molar-refractivity contribution in [2.75, 3.05) is 20.2 Å². The molecule has 0 aromatic heterocycles. The second-order valence-corrected chi connectivity index (χ2v) is 2.96. The summed E-state index contributed by atoms with van der Waals surface area (Å²) in [6, 6.07) is 0. The number of hydroxylamine groups is 2. The number of hydrogen-bond acceptors (Lipinski definition) is 3. The molecule has 0 amide bonds. The highest BCUT2D eigenvalue weighted by Gasteiger charge is 2.24. The smallest absolute Gasteiger partial charge is 0.0589 e. The van der Waals surface area contributed by atoms with Crippen LogP contribution in [0.25, 0.3) is 0 Å².